The summed E-state index contributed by atoms with van der Waals surface area (Å²) in [6.45, 7) is 1.23. The van der Waals surface area contributed by atoms with Gasteiger partial charge in [-0.05, 0) is 38.4 Å². The zero-order valence-corrected chi connectivity index (χ0v) is 12.8. The number of nitrogens with one attached hydrogen (secondary N) is 1. The summed E-state index contributed by atoms with van der Waals surface area (Å²) in [6.07, 6.45) is 6.99. The zero-order chi connectivity index (χ0) is 14.5. The minimum Gasteiger partial charge on any atom is -0.303 e. The molecule has 1 saturated heterocycles. The number of rotatable bonds is 5. The van der Waals surface area contributed by atoms with Crippen molar-refractivity contribution in [2.45, 2.75) is 44.6 Å². The summed E-state index contributed by atoms with van der Waals surface area (Å²) in [5.41, 5.74) is 1.27. The molecule has 2 heterocycles. The van der Waals surface area contributed by atoms with Gasteiger partial charge in [-0.3, -0.25) is 5.10 Å². The quantitative estimate of drug-likeness (QED) is 0.918. The average Bonchev–Trinajstić information content (AvgIpc) is 2.95. The lowest BCUT2D eigenvalue weighted by molar-refractivity contribution is 0.176. The Labute approximate surface area is 126 Å². The van der Waals surface area contributed by atoms with Gasteiger partial charge in [0.05, 0.1) is 0 Å². The predicted octanol–water partition coefficient (Wildman–Crippen LogP) is 2.81. The summed E-state index contributed by atoms with van der Waals surface area (Å²) in [5, 5.41) is 7.45. The van der Waals surface area contributed by atoms with Crippen molar-refractivity contribution in [2.75, 3.05) is 13.6 Å². The molecule has 1 N–H and O–H groups in total. The Morgan fingerprint density at radius 1 is 1.24 bits per heavy atom. The summed E-state index contributed by atoms with van der Waals surface area (Å²) in [7, 11) is 2.24. The molecule has 1 aliphatic rings. The third kappa shape index (κ3) is 3.91. The number of nitrogens with zero attached hydrogens (tertiary/aromatic N) is 3. The standard InChI is InChI=1S/C17H24N4/c1-21-12-6-5-9-15(21)10-11-16-18-17(20-19-16)13-14-7-3-2-4-8-14/h2-4,7-8,15H,5-6,9-13H2,1H3,(H,18,19,20). The maximum atomic E-state index is 4.63. The van der Waals surface area contributed by atoms with Gasteiger partial charge in [0.1, 0.15) is 5.82 Å². The number of piperidine rings is 1. The fourth-order valence-corrected chi connectivity index (χ4v) is 3.12. The maximum Gasteiger partial charge on any atom is 0.150 e. The van der Waals surface area contributed by atoms with E-state index in [0.717, 1.165) is 24.5 Å². The van der Waals surface area contributed by atoms with E-state index in [2.05, 4.69) is 51.4 Å². The molecule has 3 rings (SSSR count). The molecule has 0 amide bonds. The van der Waals surface area contributed by atoms with Crippen LogP contribution in [0.5, 0.6) is 0 Å². The van der Waals surface area contributed by atoms with E-state index >= 15 is 0 Å². The van der Waals surface area contributed by atoms with Gasteiger partial charge >= 0.3 is 0 Å². The van der Waals surface area contributed by atoms with Gasteiger partial charge in [0, 0.05) is 18.9 Å². The molecule has 0 spiro atoms. The Hall–Kier alpha value is -1.68. The molecule has 0 radical (unpaired) electrons. The zero-order valence-electron chi connectivity index (χ0n) is 12.8. The molecular weight excluding hydrogens is 260 g/mol. The Kier molecular flexibility index (Phi) is 4.65. The van der Waals surface area contributed by atoms with Crippen LogP contribution in [0, 0.1) is 0 Å². The number of aromatic amines is 1. The molecule has 0 saturated carbocycles. The number of benzene rings is 1. The number of likely N-dealkylation sites (tertiary alicyclic amines) is 1. The second-order valence-electron chi connectivity index (χ2n) is 6.03. The van der Waals surface area contributed by atoms with Gasteiger partial charge in [0.2, 0.25) is 0 Å². The molecule has 1 atom stereocenters. The molecule has 21 heavy (non-hydrogen) atoms. The number of hydrogen-bond acceptors (Lipinski definition) is 3. The molecule has 2 aromatic rings. The van der Waals surface area contributed by atoms with Gasteiger partial charge in [-0.25, -0.2) is 4.98 Å². The van der Waals surface area contributed by atoms with E-state index in [1.165, 1.54) is 37.8 Å². The SMILES string of the molecule is CN1CCCCC1CCc1n[nH]c(Cc2ccccc2)n1. The Balaban J connectivity index is 1.53. The van der Waals surface area contributed by atoms with Crippen LogP contribution < -0.4 is 0 Å². The largest absolute Gasteiger partial charge is 0.303 e. The van der Waals surface area contributed by atoms with E-state index in [0.29, 0.717) is 6.04 Å². The number of hydrogen-bond donors (Lipinski definition) is 1. The van der Waals surface area contributed by atoms with Crippen LogP contribution in [0.3, 0.4) is 0 Å². The fourth-order valence-electron chi connectivity index (χ4n) is 3.12. The maximum absolute atomic E-state index is 4.63. The van der Waals surface area contributed by atoms with Crippen molar-refractivity contribution in [2.24, 2.45) is 0 Å². The third-order valence-corrected chi connectivity index (χ3v) is 4.42. The summed E-state index contributed by atoms with van der Waals surface area (Å²) < 4.78 is 0. The molecule has 4 nitrogen and oxygen atoms in total. The Morgan fingerprint density at radius 3 is 2.90 bits per heavy atom. The first-order chi connectivity index (χ1) is 10.3. The van der Waals surface area contributed by atoms with Crippen molar-refractivity contribution in [1.82, 2.24) is 20.1 Å². The van der Waals surface area contributed by atoms with E-state index in [-0.39, 0.29) is 0 Å². The van der Waals surface area contributed by atoms with E-state index in [1.54, 1.807) is 0 Å². The lowest BCUT2D eigenvalue weighted by Gasteiger charge is -2.32. The first-order valence-electron chi connectivity index (χ1n) is 7.95. The third-order valence-electron chi connectivity index (χ3n) is 4.42. The number of H-pyrrole nitrogens is 1. The first-order valence-corrected chi connectivity index (χ1v) is 7.95. The van der Waals surface area contributed by atoms with Gasteiger partial charge in [-0.1, -0.05) is 36.8 Å². The Bertz CT molecular complexity index is 549. The summed E-state index contributed by atoms with van der Waals surface area (Å²) >= 11 is 0. The highest BCUT2D eigenvalue weighted by molar-refractivity contribution is 5.18. The molecule has 4 heteroatoms. The normalized spacial score (nSPS) is 19.8. The van der Waals surface area contributed by atoms with Crippen molar-refractivity contribution in [3.05, 3.63) is 47.5 Å². The summed E-state index contributed by atoms with van der Waals surface area (Å²) in [4.78, 5) is 7.12. The van der Waals surface area contributed by atoms with Crippen molar-refractivity contribution in [3.8, 4) is 0 Å². The molecular formula is C17H24N4. The van der Waals surface area contributed by atoms with E-state index < -0.39 is 0 Å². The van der Waals surface area contributed by atoms with E-state index in [9.17, 15) is 0 Å². The van der Waals surface area contributed by atoms with Crippen LogP contribution in [0.2, 0.25) is 0 Å². The lowest BCUT2D eigenvalue weighted by atomic mass is 9.98. The summed E-state index contributed by atoms with van der Waals surface area (Å²) in [6, 6.07) is 11.1. The topological polar surface area (TPSA) is 44.8 Å². The van der Waals surface area contributed by atoms with Gasteiger partial charge in [0.15, 0.2) is 5.82 Å². The molecule has 1 aromatic carbocycles. The minimum absolute atomic E-state index is 0.704. The monoisotopic (exact) mass is 284 g/mol. The van der Waals surface area contributed by atoms with Crippen LogP contribution >= 0.6 is 0 Å². The molecule has 1 unspecified atom stereocenters. The highest BCUT2D eigenvalue weighted by atomic mass is 15.2. The van der Waals surface area contributed by atoms with Crippen molar-refractivity contribution < 1.29 is 0 Å². The van der Waals surface area contributed by atoms with Gasteiger partial charge in [-0.15, -0.1) is 0 Å². The molecule has 1 aliphatic heterocycles. The second-order valence-corrected chi connectivity index (χ2v) is 6.03. The Morgan fingerprint density at radius 2 is 2.10 bits per heavy atom. The molecule has 0 aliphatic carbocycles. The van der Waals surface area contributed by atoms with Gasteiger partial charge in [0.25, 0.3) is 0 Å². The smallest absolute Gasteiger partial charge is 0.150 e. The van der Waals surface area contributed by atoms with Crippen LogP contribution in [0.15, 0.2) is 30.3 Å². The number of aryl methyl sites for hydroxylation is 1. The van der Waals surface area contributed by atoms with E-state index in [4.69, 9.17) is 0 Å². The van der Waals surface area contributed by atoms with Crippen LogP contribution in [0.25, 0.3) is 0 Å². The highest BCUT2D eigenvalue weighted by Crippen LogP contribution is 2.19. The number of aromatic nitrogens is 3. The molecule has 1 fully saturated rings. The molecule has 112 valence electrons. The minimum atomic E-state index is 0.704. The van der Waals surface area contributed by atoms with Gasteiger partial charge < -0.3 is 4.90 Å². The molecule has 1 aromatic heterocycles. The predicted molar refractivity (Wildman–Crippen MR) is 84.2 cm³/mol. The molecule has 0 bridgehead atoms. The van der Waals surface area contributed by atoms with E-state index in [1.807, 2.05) is 6.07 Å². The van der Waals surface area contributed by atoms with Crippen LogP contribution in [-0.4, -0.2) is 39.7 Å². The van der Waals surface area contributed by atoms with Gasteiger partial charge in [-0.2, -0.15) is 5.10 Å². The van der Waals surface area contributed by atoms with Crippen LogP contribution in [0.1, 0.15) is 42.9 Å². The first kappa shape index (κ1) is 14.3. The fraction of sp³-hybridized carbons (Fsp3) is 0.529. The second kappa shape index (κ2) is 6.85. The lowest BCUT2D eigenvalue weighted by Crippen LogP contribution is -2.36. The highest BCUT2D eigenvalue weighted by Gasteiger charge is 2.19. The summed E-state index contributed by atoms with van der Waals surface area (Å²) in [5.74, 6) is 1.92. The van der Waals surface area contributed by atoms with Crippen LogP contribution in [0.4, 0.5) is 0 Å². The van der Waals surface area contributed by atoms with Crippen LogP contribution in [-0.2, 0) is 12.8 Å². The van der Waals surface area contributed by atoms with Crippen molar-refractivity contribution >= 4 is 0 Å². The van der Waals surface area contributed by atoms with Crippen molar-refractivity contribution in [1.29, 1.82) is 0 Å². The average molecular weight is 284 g/mol. The van der Waals surface area contributed by atoms with Crippen molar-refractivity contribution in [3.63, 3.8) is 0 Å².